The van der Waals surface area contributed by atoms with Crippen molar-refractivity contribution in [2.24, 2.45) is 0 Å². The Hall–Kier alpha value is -3.06. The molecule has 2 atom stereocenters. The summed E-state index contributed by atoms with van der Waals surface area (Å²) in [6.07, 6.45) is 0.0903. The van der Waals surface area contributed by atoms with Gasteiger partial charge in [0, 0.05) is 22.7 Å². The first-order chi connectivity index (χ1) is 16.2. The molecule has 0 bridgehead atoms. The molecule has 3 aromatic carbocycles. The van der Waals surface area contributed by atoms with Gasteiger partial charge in [-0.1, -0.05) is 60.7 Å². The minimum Gasteiger partial charge on any atom is -0.496 e. The van der Waals surface area contributed by atoms with E-state index in [0.717, 1.165) is 33.6 Å². The van der Waals surface area contributed by atoms with E-state index >= 15 is 0 Å². The molecule has 1 aliphatic heterocycles. The Kier molecular flexibility index (Phi) is 7.50. The summed E-state index contributed by atoms with van der Waals surface area (Å²) >= 11 is 0. The number of aliphatic hydroxyl groups is 1. The summed E-state index contributed by atoms with van der Waals surface area (Å²) in [7, 11) is 3.29. The maximum absolute atomic E-state index is 9.96. The molecule has 3 aromatic rings. The summed E-state index contributed by atoms with van der Waals surface area (Å²) in [6, 6.07) is 19.9. The highest BCUT2D eigenvalue weighted by Crippen LogP contribution is 2.49. The van der Waals surface area contributed by atoms with Crippen molar-refractivity contribution in [2.45, 2.75) is 38.8 Å². The third kappa shape index (κ3) is 4.98. The van der Waals surface area contributed by atoms with Crippen LogP contribution in [0.5, 0.6) is 17.2 Å². The maximum Gasteiger partial charge on any atom is 0.169 e. The summed E-state index contributed by atoms with van der Waals surface area (Å²) in [4.78, 5) is 0. The van der Waals surface area contributed by atoms with Gasteiger partial charge in [0.15, 0.2) is 11.5 Å². The molecule has 0 saturated heterocycles. The van der Waals surface area contributed by atoms with E-state index in [1.54, 1.807) is 14.2 Å². The molecule has 0 aliphatic carbocycles. The lowest BCUT2D eigenvalue weighted by Crippen LogP contribution is -2.43. The largest absolute Gasteiger partial charge is 0.496 e. The van der Waals surface area contributed by atoms with E-state index < -0.39 is 6.23 Å². The average Bonchev–Trinajstić information content (AvgIpc) is 2.86. The van der Waals surface area contributed by atoms with Crippen LogP contribution in [0.25, 0.3) is 0 Å². The molecule has 6 heteroatoms. The second-order valence-corrected chi connectivity index (χ2v) is 8.11. The zero-order chi connectivity index (χ0) is 23.2. The van der Waals surface area contributed by atoms with Gasteiger partial charge in [0.25, 0.3) is 0 Å². The molecule has 2 N–H and O–H groups in total. The Balaban J connectivity index is 1.77. The van der Waals surface area contributed by atoms with E-state index in [0.29, 0.717) is 31.1 Å². The molecule has 0 fully saturated rings. The number of hydrogen-bond acceptors (Lipinski definition) is 6. The maximum atomic E-state index is 9.96. The van der Waals surface area contributed by atoms with Gasteiger partial charge >= 0.3 is 0 Å². The van der Waals surface area contributed by atoms with Gasteiger partial charge in [-0.15, -0.1) is 0 Å². The first-order valence-corrected chi connectivity index (χ1v) is 11.1. The molecule has 0 spiro atoms. The van der Waals surface area contributed by atoms with Crippen molar-refractivity contribution in [3.8, 4) is 17.2 Å². The molecular weight excluding hydrogens is 418 g/mol. The first kappa shape index (κ1) is 23.1. The van der Waals surface area contributed by atoms with Crippen molar-refractivity contribution in [3.63, 3.8) is 0 Å². The standard InChI is InChI=1S/C27H31NO5/c1-18-24(30-2)22-14-21(15-29)28-27(33-17-20-12-8-5-9-13-20)23(22)26(25(18)31-3)32-16-19-10-6-4-7-11-19/h4-13,21,27-29H,14-17H2,1-3H3/t21-,27-/m0/s1. The van der Waals surface area contributed by atoms with Crippen molar-refractivity contribution in [1.82, 2.24) is 5.32 Å². The number of rotatable bonds is 9. The van der Waals surface area contributed by atoms with Gasteiger partial charge < -0.3 is 24.1 Å². The molecule has 0 amide bonds. The highest BCUT2D eigenvalue weighted by Gasteiger charge is 2.36. The summed E-state index contributed by atoms with van der Waals surface area (Å²) in [6.45, 7) is 2.75. The normalized spacial score (nSPS) is 17.3. The minimum absolute atomic E-state index is 0.0148. The summed E-state index contributed by atoms with van der Waals surface area (Å²) in [5.41, 5.74) is 4.80. The van der Waals surface area contributed by atoms with Gasteiger partial charge in [-0.25, -0.2) is 0 Å². The average molecular weight is 450 g/mol. The van der Waals surface area contributed by atoms with Crippen LogP contribution in [0.1, 0.15) is 34.0 Å². The summed E-state index contributed by atoms with van der Waals surface area (Å²) < 4.78 is 24.3. The van der Waals surface area contributed by atoms with E-state index in [1.165, 1.54) is 0 Å². The quantitative estimate of drug-likeness (QED) is 0.507. The number of fused-ring (bicyclic) bond motifs is 1. The Bertz CT molecular complexity index is 1060. The van der Waals surface area contributed by atoms with Crippen LogP contribution in [0.4, 0.5) is 0 Å². The number of benzene rings is 3. The molecule has 6 nitrogen and oxygen atoms in total. The number of aliphatic hydroxyl groups excluding tert-OH is 1. The Morgan fingerprint density at radius 1 is 0.848 bits per heavy atom. The topological polar surface area (TPSA) is 69.2 Å². The van der Waals surface area contributed by atoms with Crippen LogP contribution in [0.2, 0.25) is 0 Å². The monoisotopic (exact) mass is 449 g/mol. The van der Waals surface area contributed by atoms with E-state index in [-0.39, 0.29) is 12.6 Å². The third-order valence-corrected chi connectivity index (χ3v) is 5.95. The second kappa shape index (κ2) is 10.7. The summed E-state index contributed by atoms with van der Waals surface area (Å²) in [5.74, 6) is 2.00. The zero-order valence-corrected chi connectivity index (χ0v) is 19.3. The van der Waals surface area contributed by atoms with Crippen LogP contribution in [0.3, 0.4) is 0 Å². The van der Waals surface area contributed by atoms with Gasteiger partial charge in [0.2, 0.25) is 0 Å². The molecule has 1 aliphatic rings. The molecule has 0 radical (unpaired) electrons. The van der Waals surface area contributed by atoms with E-state index in [2.05, 4.69) is 5.32 Å². The predicted molar refractivity (Wildman–Crippen MR) is 127 cm³/mol. The van der Waals surface area contributed by atoms with E-state index in [4.69, 9.17) is 18.9 Å². The first-order valence-electron chi connectivity index (χ1n) is 11.1. The van der Waals surface area contributed by atoms with E-state index in [1.807, 2.05) is 67.6 Å². The Labute approximate surface area is 195 Å². The lowest BCUT2D eigenvalue weighted by Gasteiger charge is -2.35. The predicted octanol–water partition coefficient (Wildman–Crippen LogP) is 4.31. The molecule has 0 saturated carbocycles. The van der Waals surface area contributed by atoms with Crippen LogP contribution in [0, 0.1) is 6.92 Å². The molecule has 33 heavy (non-hydrogen) atoms. The van der Waals surface area contributed by atoms with Crippen LogP contribution in [-0.2, 0) is 24.4 Å². The molecular formula is C27H31NO5. The molecule has 0 unspecified atom stereocenters. The van der Waals surface area contributed by atoms with Gasteiger partial charge in [-0.3, -0.25) is 5.32 Å². The molecule has 4 rings (SSSR count). The van der Waals surface area contributed by atoms with Gasteiger partial charge in [0.1, 0.15) is 18.6 Å². The van der Waals surface area contributed by atoms with Gasteiger partial charge in [0.05, 0.1) is 27.4 Å². The van der Waals surface area contributed by atoms with Crippen LogP contribution >= 0.6 is 0 Å². The van der Waals surface area contributed by atoms with Crippen molar-refractivity contribution in [1.29, 1.82) is 0 Å². The van der Waals surface area contributed by atoms with Crippen LogP contribution in [0.15, 0.2) is 60.7 Å². The zero-order valence-electron chi connectivity index (χ0n) is 19.3. The minimum atomic E-state index is -0.500. The fourth-order valence-corrected chi connectivity index (χ4v) is 4.36. The molecule has 0 aromatic heterocycles. The smallest absolute Gasteiger partial charge is 0.169 e. The summed E-state index contributed by atoms with van der Waals surface area (Å²) in [5, 5.41) is 13.4. The number of hydrogen-bond donors (Lipinski definition) is 2. The lowest BCUT2D eigenvalue weighted by molar-refractivity contribution is -0.00620. The fraction of sp³-hybridized carbons (Fsp3) is 0.333. The second-order valence-electron chi connectivity index (χ2n) is 8.11. The molecule has 1 heterocycles. The van der Waals surface area contributed by atoms with Crippen molar-refractivity contribution in [2.75, 3.05) is 20.8 Å². The van der Waals surface area contributed by atoms with Gasteiger partial charge in [-0.05, 0) is 24.5 Å². The Morgan fingerprint density at radius 3 is 2.03 bits per heavy atom. The highest BCUT2D eigenvalue weighted by atomic mass is 16.5. The lowest BCUT2D eigenvalue weighted by atomic mass is 9.90. The Morgan fingerprint density at radius 2 is 1.45 bits per heavy atom. The van der Waals surface area contributed by atoms with Crippen molar-refractivity contribution in [3.05, 3.63) is 88.5 Å². The number of ether oxygens (including phenoxy) is 4. The van der Waals surface area contributed by atoms with Crippen LogP contribution < -0.4 is 19.5 Å². The van der Waals surface area contributed by atoms with Crippen molar-refractivity contribution >= 4 is 0 Å². The fourth-order valence-electron chi connectivity index (χ4n) is 4.36. The SMILES string of the molecule is COc1c(C)c(OC)c(OCc2ccccc2)c2c1C[C@@H](CO)N[C@H]2OCc1ccccc1. The van der Waals surface area contributed by atoms with Crippen molar-refractivity contribution < 1.29 is 24.1 Å². The highest BCUT2D eigenvalue weighted by molar-refractivity contribution is 5.64. The third-order valence-electron chi connectivity index (χ3n) is 5.95. The number of nitrogens with one attached hydrogen (secondary N) is 1. The van der Waals surface area contributed by atoms with E-state index in [9.17, 15) is 5.11 Å². The van der Waals surface area contributed by atoms with Crippen LogP contribution in [-0.4, -0.2) is 32.0 Å². The van der Waals surface area contributed by atoms with Gasteiger partial charge in [-0.2, -0.15) is 0 Å². The number of methoxy groups -OCH3 is 2. The molecule has 174 valence electrons.